The average molecular weight is 862 g/mol. The van der Waals surface area contributed by atoms with Crippen LogP contribution in [-0.4, -0.2) is 109 Å². The third-order valence-electron chi connectivity index (χ3n) is 8.39. The van der Waals surface area contributed by atoms with E-state index in [4.69, 9.17) is 9.47 Å². The van der Waals surface area contributed by atoms with Gasteiger partial charge >= 0.3 is 78.2 Å². The fraction of sp³-hybridized carbons (Fsp3) is 0.590. The quantitative estimate of drug-likeness (QED) is 0.145. The summed E-state index contributed by atoms with van der Waals surface area (Å²) in [5, 5.41) is -0.310. The van der Waals surface area contributed by atoms with Crippen LogP contribution in [0.2, 0.25) is 14.8 Å². The summed E-state index contributed by atoms with van der Waals surface area (Å²) in [4.78, 5) is 90.5. The van der Waals surface area contributed by atoms with Crippen molar-refractivity contribution in [3.8, 4) is 0 Å². The number of ketones is 1. The maximum atomic E-state index is 12.5. The molecule has 2 aromatic rings. The van der Waals surface area contributed by atoms with Crippen LogP contribution in [0.4, 0.5) is 0 Å². The number of aromatic nitrogens is 2. The number of carbonyl (C=O) groups excluding carboxylic acids is 6. The number of nitrogens with zero attached hydrogens (tertiary/aromatic N) is 4. The number of carbonyl (C=O) groups is 6. The van der Waals surface area contributed by atoms with Gasteiger partial charge in [-0.15, -0.1) is 12.6 Å². The molecule has 0 spiro atoms. The molecule has 0 aromatic carbocycles. The van der Waals surface area contributed by atoms with Gasteiger partial charge in [-0.2, -0.15) is 0 Å². The number of amides is 2. The van der Waals surface area contributed by atoms with Crippen LogP contribution in [0.1, 0.15) is 91.4 Å². The summed E-state index contributed by atoms with van der Waals surface area (Å²) in [7, 11) is 0. The number of thiol groups is 1. The number of pyridine rings is 2. The van der Waals surface area contributed by atoms with Gasteiger partial charge in [0.1, 0.15) is 23.3 Å². The van der Waals surface area contributed by atoms with Gasteiger partial charge in [-0.05, 0) is 66.5 Å². The molecule has 2 fully saturated rings. The monoisotopic (exact) mass is 862 g/mol. The third-order valence-corrected chi connectivity index (χ3v) is 14.5. The Hall–Kier alpha value is -3.33. The molecule has 0 aliphatic carbocycles. The zero-order valence-electron chi connectivity index (χ0n) is 33.2. The summed E-state index contributed by atoms with van der Waals surface area (Å²) in [5.74, 6) is -2.20. The molecule has 0 saturated carbocycles. The molecular formula is C39H58N4O8SSn. The second-order valence-electron chi connectivity index (χ2n) is 16.2. The van der Waals surface area contributed by atoms with Crippen molar-refractivity contribution in [3.63, 3.8) is 0 Å². The van der Waals surface area contributed by atoms with Gasteiger partial charge in [0.15, 0.2) is 10.9 Å². The molecule has 0 bridgehead atoms. The van der Waals surface area contributed by atoms with Gasteiger partial charge in [0.25, 0.3) is 0 Å². The molecule has 2 aliphatic rings. The minimum atomic E-state index is -1.77. The van der Waals surface area contributed by atoms with E-state index in [1.807, 2.05) is 32.3 Å². The molecule has 0 radical (unpaired) electrons. The number of esters is 2. The third kappa shape index (κ3) is 14.8. The fourth-order valence-corrected chi connectivity index (χ4v) is 8.92. The molecule has 2 saturated heterocycles. The Balaban J connectivity index is 0.000000298. The van der Waals surface area contributed by atoms with E-state index in [1.165, 1.54) is 19.6 Å². The van der Waals surface area contributed by atoms with Crippen LogP contribution in [0.5, 0.6) is 0 Å². The molecule has 2 aliphatic heterocycles. The van der Waals surface area contributed by atoms with Gasteiger partial charge in [0, 0.05) is 49.8 Å². The SMILES string of the molecule is CCC(C(=O)OC(C)(C)C)N1CC(C(=O)S)CC1=O.CCC(C(=O)OC(C)(C)C)N1CC(C(=O)c2cccnc2)CC1=O.[CH3][Sn]([CH3])([CH3])[c]1cccnc1. The summed E-state index contributed by atoms with van der Waals surface area (Å²) in [6.45, 7) is 14.9. The Labute approximate surface area is 324 Å². The number of hydrogen-bond donors (Lipinski definition) is 1. The van der Waals surface area contributed by atoms with Gasteiger partial charge in [-0.25, -0.2) is 9.59 Å². The van der Waals surface area contributed by atoms with Crippen LogP contribution in [0.15, 0.2) is 49.1 Å². The first-order valence-corrected chi connectivity index (χ1v) is 28.5. The predicted octanol–water partition coefficient (Wildman–Crippen LogP) is 5.27. The van der Waals surface area contributed by atoms with Crippen LogP contribution in [-0.2, 0) is 33.4 Å². The van der Waals surface area contributed by atoms with Crippen LogP contribution in [0.3, 0.4) is 0 Å². The van der Waals surface area contributed by atoms with Crippen LogP contribution < -0.4 is 3.58 Å². The van der Waals surface area contributed by atoms with Crippen LogP contribution in [0, 0.1) is 11.8 Å². The normalized spacial score (nSPS) is 18.6. The number of rotatable bonds is 10. The molecule has 14 heteroatoms. The Morgan fingerprint density at radius 1 is 0.774 bits per heavy atom. The second kappa shape index (κ2) is 19.8. The van der Waals surface area contributed by atoms with Crippen molar-refractivity contribution < 1.29 is 38.2 Å². The fourth-order valence-electron chi connectivity index (χ4n) is 5.73. The van der Waals surface area contributed by atoms with Crippen molar-refractivity contribution in [2.75, 3.05) is 13.1 Å². The minimum absolute atomic E-state index is 0.113. The van der Waals surface area contributed by atoms with Gasteiger partial charge in [-0.1, -0.05) is 13.8 Å². The molecule has 292 valence electrons. The Morgan fingerprint density at radius 3 is 1.53 bits per heavy atom. The Morgan fingerprint density at radius 2 is 1.21 bits per heavy atom. The standard InChI is InChI=1S/C18H24N2O4.C13H21NO4S.C5H4N.3CH3.Sn/c1-5-14(17(23)24-18(2,3)4)20-11-13(9-15(20)21)16(22)12-7-6-8-19-10-12;1-5-9(11(16)18-13(2,3)4)14-7-8(12(17)19)6-10(14)15;1-2-4-6-5-3-1;;;;/h6-8,10,13-14H,5,9,11H2,1-4H3;8-9H,5-7H2,1-4H3,(H,17,19);1-2,4-5H;3*1H3;. The van der Waals surface area contributed by atoms with Gasteiger partial charge in [0.2, 0.25) is 11.8 Å². The van der Waals surface area contributed by atoms with E-state index >= 15 is 0 Å². The predicted molar refractivity (Wildman–Crippen MR) is 209 cm³/mol. The summed E-state index contributed by atoms with van der Waals surface area (Å²) in [5.41, 5.74) is -0.716. The zero-order chi connectivity index (χ0) is 40.3. The van der Waals surface area contributed by atoms with Gasteiger partial charge < -0.3 is 19.3 Å². The maximum absolute atomic E-state index is 12.5. The van der Waals surface area contributed by atoms with Gasteiger partial charge in [-0.3, -0.25) is 24.2 Å². The average Bonchev–Trinajstić information content (AvgIpc) is 3.63. The molecular weight excluding hydrogens is 803 g/mol. The summed E-state index contributed by atoms with van der Waals surface area (Å²) < 4.78 is 12.2. The van der Waals surface area contributed by atoms with Crippen molar-refractivity contribution in [2.24, 2.45) is 11.8 Å². The molecule has 4 rings (SSSR count). The van der Waals surface area contributed by atoms with E-state index in [0.717, 1.165) is 0 Å². The summed E-state index contributed by atoms with van der Waals surface area (Å²) in [6.07, 6.45) is 8.10. The van der Waals surface area contributed by atoms with Crippen LogP contribution in [0.25, 0.3) is 0 Å². The van der Waals surface area contributed by atoms with E-state index < -0.39 is 65.4 Å². The number of hydrogen-bond acceptors (Lipinski definition) is 10. The molecule has 12 nitrogen and oxygen atoms in total. The number of Topliss-reactive ketones (excluding diaryl/α,β-unsaturated/α-hetero) is 1. The van der Waals surface area contributed by atoms with E-state index in [-0.39, 0.29) is 48.6 Å². The van der Waals surface area contributed by atoms with E-state index in [2.05, 4.69) is 43.5 Å². The molecule has 0 N–H and O–H groups in total. The van der Waals surface area contributed by atoms with E-state index in [1.54, 1.807) is 59.9 Å². The molecule has 2 amide bonds. The van der Waals surface area contributed by atoms with Crippen LogP contribution >= 0.6 is 12.6 Å². The first-order valence-electron chi connectivity index (χ1n) is 18.1. The summed E-state index contributed by atoms with van der Waals surface area (Å²) in [6, 6.07) is 6.33. The van der Waals surface area contributed by atoms with Crippen molar-refractivity contribution in [1.82, 2.24) is 19.8 Å². The molecule has 4 heterocycles. The van der Waals surface area contributed by atoms with Crippen molar-refractivity contribution in [1.29, 1.82) is 0 Å². The van der Waals surface area contributed by atoms with Crippen molar-refractivity contribution in [2.45, 2.75) is 119 Å². The zero-order valence-corrected chi connectivity index (χ0v) is 36.9. The number of likely N-dealkylation sites (tertiary alicyclic amines) is 2. The van der Waals surface area contributed by atoms with Crippen molar-refractivity contribution >= 4 is 69.2 Å². The number of ether oxygens (including phenoxy) is 2. The molecule has 53 heavy (non-hydrogen) atoms. The molecule has 4 atom stereocenters. The molecule has 2 aromatic heterocycles. The Kier molecular flexibility index (Phi) is 17.2. The molecule has 4 unspecified atom stereocenters. The van der Waals surface area contributed by atoms with E-state index in [0.29, 0.717) is 18.4 Å². The first kappa shape index (κ1) is 45.8. The first-order chi connectivity index (χ1) is 24.5. The summed E-state index contributed by atoms with van der Waals surface area (Å²) >= 11 is 1.98. The topological polar surface area (TPSA) is 153 Å². The van der Waals surface area contributed by atoms with Gasteiger partial charge in [0.05, 0.1) is 5.92 Å². The van der Waals surface area contributed by atoms with E-state index in [9.17, 15) is 28.8 Å². The second-order valence-corrected chi connectivity index (χ2v) is 31.2. The van der Waals surface area contributed by atoms with Crippen molar-refractivity contribution in [3.05, 3.63) is 54.6 Å². The Bertz CT molecular complexity index is 1570.